The molecule has 0 saturated heterocycles. The second-order valence-electron chi connectivity index (χ2n) is 5.21. The standard InChI is InChI=1S/C12H28O4P2S2/c1-9(2)13-17(14-10(3)4)19-20-18(15-11(5)6)16-12(7)8/h9-12H,1-8H3. The van der Waals surface area contributed by atoms with E-state index in [9.17, 15) is 0 Å². The van der Waals surface area contributed by atoms with Gasteiger partial charge in [0.2, 0.25) is 15.2 Å². The average Bonchev–Trinajstić information content (AvgIpc) is 2.22. The van der Waals surface area contributed by atoms with E-state index >= 15 is 0 Å². The van der Waals surface area contributed by atoms with E-state index < -0.39 is 15.2 Å². The minimum atomic E-state index is -0.986. The van der Waals surface area contributed by atoms with Gasteiger partial charge in [0.15, 0.2) is 0 Å². The van der Waals surface area contributed by atoms with Gasteiger partial charge in [-0.15, -0.1) is 0 Å². The Bertz CT molecular complexity index is 199. The molecule has 4 nitrogen and oxygen atoms in total. The van der Waals surface area contributed by atoms with Crippen molar-refractivity contribution in [3.8, 4) is 0 Å². The molecule has 0 fully saturated rings. The summed E-state index contributed by atoms with van der Waals surface area (Å²) in [5.41, 5.74) is 0. The van der Waals surface area contributed by atoms with Gasteiger partial charge in [0, 0.05) is 20.8 Å². The van der Waals surface area contributed by atoms with Crippen LogP contribution in [0.15, 0.2) is 0 Å². The molecule has 0 N–H and O–H groups in total. The van der Waals surface area contributed by atoms with Gasteiger partial charge in [0.1, 0.15) is 0 Å². The van der Waals surface area contributed by atoms with Crippen molar-refractivity contribution in [2.24, 2.45) is 0 Å². The summed E-state index contributed by atoms with van der Waals surface area (Å²) < 4.78 is 23.2. The highest BCUT2D eigenvalue weighted by molar-refractivity contribution is 9.11. The minimum absolute atomic E-state index is 0.149. The van der Waals surface area contributed by atoms with Crippen molar-refractivity contribution >= 4 is 36.0 Å². The van der Waals surface area contributed by atoms with Crippen LogP contribution in [0.4, 0.5) is 0 Å². The first kappa shape index (κ1) is 21.4. The molecule has 8 heteroatoms. The summed E-state index contributed by atoms with van der Waals surface area (Å²) >= 11 is 0. The molecule has 0 aliphatic heterocycles. The largest absolute Gasteiger partial charge is 0.323 e. The van der Waals surface area contributed by atoms with Gasteiger partial charge in [-0.1, -0.05) is 0 Å². The van der Waals surface area contributed by atoms with Crippen LogP contribution < -0.4 is 0 Å². The second kappa shape index (κ2) is 11.9. The molecule has 0 amide bonds. The molecule has 0 saturated carbocycles. The maximum Gasteiger partial charge on any atom is 0.250 e. The molecule has 0 spiro atoms. The van der Waals surface area contributed by atoms with Gasteiger partial charge in [-0.2, -0.15) is 0 Å². The van der Waals surface area contributed by atoms with Gasteiger partial charge in [-0.3, -0.25) is 0 Å². The van der Waals surface area contributed by atoms with Gasteiger partial charge < -0.3 is 18.1 Å². The van der Waals surface area contributed by atoms with Crippen LogP contribution in [0.5, 0.6) is 0 Å². The van der Waals surface area contributed by atoms with Crippen LogP contribution in [-0.4, -0.2) is 24.4 Å². The van der Waals surface area contributed by atoms with Crippen LogP contribution in [0.25, 0.3) is 0 Å². The highest BCUT2D eigenvalue weighted by Gasteiger charge is 2.23. The van der Waals surface area contributed by atoms with E-state index in [1.807, 2.05) is 55.4 Å². The Morgan fingerprint density at radius 3 is 0.850 bits per heavy atom. The molecule has 0 aromatic rings. The normalized spacial score (nSPS) is 12.9. The molecule has 0 bridgehead atoms. The van der Waals surface area contributed by atoms with Crippen molar-refractivity contribution in [1.82, 2.24) is 0 Å². The van der Waals surface area contributed by atoms with Gasteiger partial charge in [0.05, 0.1) is 24.4 Å². The first-order valence-electron chi connectivity index (χ1n) is 6.82. The van der Waals surface area contributed by atoms with E-state index in [0.29, 0.717) is 0 Å². The number of rotatable bonds is 11. The topological polar surface area (TPSA) is 36.9 Å². The molecule has 0 unspecified atom stereocenters. The minimum Gasteiger partial charge on any atom is -0.323 e. The SMILES string of the molecule is CC(C)OP(OC(C)C)SSP(OC(C)C)OC(C)C. The lowest BCUT2D eigenvalue weighted by molar-refractivity contribution is 0.187. The average molecular weight is 362 g/mol. The fourth-order valence-electron chi connectivity index (χ4n) is 0.863. The fraction of sp³-hybridized carbons (Fsp3) is 1.00. The zero-order valence-corrected chi connectivity index (χ0v) is 17.1. The van der Waals surface area contributed by atoms with Gasteiger partial charge in [-0.05, 0) is 55.4 Å². The molecule has 0 aromatic heterocycles. The lowest BCUT2D eigenvalue weighted by Crippen LogP contribution is -2.03. The van der Waals surface area contributed by atoms with Crippen LogP contribution in [-0.2, 0) is 18.1 Å². The third kappa shape index (κ3) is 13.1. The first-order chi connectivity index (χ1) is 9.20. The second-order valence-corrected chi connectivity index (χ2v) is 12.6. The van der Waals surface area contributed by atoms with Crippen molar-refractivity contribution in [3.63, 3.8) is 0 Å². The summed E-state index contributed by atoms with van der Waals surface area (Å²) in [4.78, 5) is 0. The Kier molecular flexibility index (Phi) is 12.7. The molecular weight excluding hydrogens is 334 g/mol. The Balaban J connectivity index is 4.35. The molecule has 122 valence electrons. The van der Waals surface area contributed by atoms with E-state index in [0.717, 1.165) is 0 Å². The highest BCUT2D eigenvalue weighted by atomic mass is 33.5. The van der Waals surface area contributed by atoms with Crippen molar-refractivity contribution in [2.75, 3.05) is 0 Å². The molecule has 0 aliphatic rings. The Morgan fingerprint density at radius 2 is 0.700 bits per heavy atom. The molecule has 0 aromatic carbocycles. The lowest BCUT2D eigenvalue weighted by Gasteiger charge is -2.23. The van der Waals surface area contributed by atoms with E-state index in [4.69, 9.17) is 18.1 Å². The molecule has 0 heterocycles. The molecule has 0 rings (SSSR count). The third-order valence-electron chi connectivity index (χ3n) is 1.34. The lowest BCUT2D eigenvalue weighted by atomic mass is 10.5. The summed E-state index contributed by atoms with van der Waals surface area (Å²) in [5, 5.41) is 0. The first-order valence-corrected chi connectivity index (χ1v) is 12.5. The van der Waals surface area contributed by atoms with Crippen LogP contribution in [0, 0.1) is 0 Å². The number of hydrogen-bond acceptors (Lipinski definition) is 6. The highest BCUT2D eigenvalue weighted by Crippen LogP contribution is 2.70. The quantitative estimate of drug-likeness (QED) is 0.307. The van der Waals surface area contributed by atoms with E-state index in [1.165, 1.54) is 0 Å². The Morgan fingerprint density at radius 1 is 0.500 bits per heavy atom. The zero-order valence-electron chi connectivity index (χ0n) is 13.7. The van der Waals surface area contributed by atoms with Crippen molar-refractivity contribution < 1.29 is 18.1 Å². The van der Waals surface area contributed by atoms with Crippen molar-refractivity contribution in [3.05, 3.63) is 0 Å². The van der Waals surface area contributed by atoms with Gasteiger partial charge >= 0.3 is 0 Å². The van der Waals surface area contributed by atoms with Crippen molar-refractivity contribution in [2.45, 2.75) is 79.8 Å². The summed E-state index contributed by atoms with van der Waals surface area (Å²) in [6.07, 6.45) is 0.597. The van der Waals surface area contributed by atoms with Crippen molar-refractivity contribution in [1.29, 1.82) is 0 Å². The van der Waals surface area contributed by atoms with Gasteiger partial charge in [-0.25, -0.2) is 0 Å². The van der Waals surface area contributed by atoms with Crippen LogP contribution >= 0.6 is 36.0 Å². The van der Waals surface area contributed by atoms with E-state index in [2.05, 4.69) is 0 Å². The Labute approximate surface area is 134 Å². The third-order valence-corrected chi connectivity index (χ3v) is 10.6. The molecule has 0 aliphatic carbocycles. The smallest absolute Gasteiger partial charge is 0.250 e. The molecule has 0 radical (unpaired) electrons. The summed E-state index contributed by atoms with van der Waals surface area (Å²) in [5.74, 6) is 0. The Hall–Kier alpha value is 1.40. The number of hydrogen-bond donors (Lipinski definition) is 0. The maximum absolute atomic E-state index is 5.81. The van der Waals surface area contributed by atoms with Gasteiger partial charge in [0.25, 0.3) is 0 Å². The zero-order chi connectivity index (χ0) is 15.7. The maximum atomic E-state index is 5.81. The molecule has 20 heavy (non-hydrogen) atoms. The summed E-state index contributed by atoms with van der Waals surface area (Å²) in [7, 11) is 1.20. The summed E-state index contributed by atoms with van der Waals surface area (Å²) in [6.45, 7) is 16.1. The van der Waals surface area contributed by atoms with E-state index in [-0.39, 0.29) is 24.4 Å². The van der Waals surface area contributed by atoms with E-state index in [1.54, 1.807) is 20.8 Å². The van der Waals surface area contributed by atoms with Crippen LogP contribution in [0.3, 0.4) is 0 Å². The molecular formula is C12H28O4P2S2. The predicted octanol–water partition coefficient (Wildman–Crippen LogP) is 6.52. The van der Waals surface area contributed by atoms with Crippen LogP contribution in [0.1, 0.15) is 55.4 Å². The molecule has 0 atom stereocenters. The van der Waals surface area contributed by atoms with Crippen LogP contribution in [0.2, 0.25) is 0 Å². The summed E-state index contributed by atoms with van der Waals surface area (Å²) in [6, 6.07) is 0. The monoisotopic (exact) mass is 362 g/mol. The fourth-order valence-corrected chi connectivity index (χ4v) is 10.6. The predicted molar refractivity (Wildman–Crippen MR) is 93.9 cm³/mol.